The zero-order valence-electron chi connectivity index (χ0n) is 22.9. The van der Waals surface area contributed by atoms with E-state index in [-0.39, 0.29) is 22.2 Å². The minimum Gasteiger partial charge on any atom is -0.414 e. The Bertz CT molecular complexity index is 773. The van der Waals surface area contributed by atoms with Crippen LogP contribution in [0.3, 0.4) is 0 Å². The van der Waals surface area contributed by atoms with Gasteiger partial charge in [-0.25, -0.2) is 0 Å². The number of rotatable bonds is 8. The van der Waals surface area contributed by atoms with Gasteiger partial charge in [0.15, 0.2) is 6.29 Å². The molecule has 5 atom stereocenters. The van der Waals surface area contributed by atoms with Crippen molar-refractivity contribution in [1.82, 2.24) is 0 Å². The first-order chi connectivity index (χ1) is 16.5. The highest BCUT2D eigenvalue weighted by atomic mass is 28.5. The van der Waals surface area contributed by atoms with Crippen LogP contribution in [0.2, 0.25) is 22.2 Å². The standard InChI is InChI=1S/C26H46O7Si2/c1-17(2)34(18(3)4)30-16-22-24(32-35(33-34,19(5)6)20(7)8)25(28-9)23(27)26(31-22)29-15-21-13-11-10-12-14-21/h10-14,17-20,22-27H,15-16H2,1-9H3/t22-,23-,24-,25-,26+/m1/s1. The first-order valence-corrected chi connectivity index (χ1v) is 17.0. The van der Waals surface area contributed by atoms with E-state index in [4.69, 9.17) is 27.2 Å². The second-order valence-corrected chi connectivity index (χ2v) is 19.9. The molecule has 2 aliphatic rings. The predicted octanol–water partition coefficient (Wildman–Crippen LogP) is 5.26. The van der Waals surface area contributed by atoms with Crippen LogP contribution < -0.4 is 0 Å². The Morgan fingerprint density at radius 2 is 1.49 bits per heavy atom. The molecular weight excluding hydrogens is 480 g/mol. The lowest BCUT2D eigenvalue weighted by molar-refractivity contribution is -0.307. The molecule has 1 aromatic carbocycles. The zero-order valence-corrected chi connectivity index (χ0v) is 24.9. The van der Waals surface area contributed by atoms with Gasteiger partial charge < -0.3 is 32.3 Å². The Hall–Kier alpha value is -0.626. The van der Waals surface area contributed by atoms with Crippen LogP contribution in [0.1, 0.15) is 61.0 Å². The van der Waals surface area contributed by atoms with Gasteiger partial charge in [-0.1, -0.05) is 85.7 Å². The SMILES string of the molecule is CO[C@@H]1[C@@H](O)[C@@H](OCc2ccccc2)O[C@@H]2CO[Si](C(C)C)(C(C)C)O[Si](C(C)C)(C(C)C)O[C@@H]12. The molecule has 1 N–H and O–H groups in total. The molecule has 2 heterocycles. The van der Waals surface area contributed by atoms with E-state index >= 15 is 0 Å². The fourth-order valence-electron chi connectivity index (χ4n) is 5.47. The van der Waals surface area contributed by atoms with Gasteiger partial charge >= 0.3 is 17.1 Å². The summed E-state index contributed by atoms with van der Waals surface area (Å²) in [5, 5.41) is 11.2. The maximum absolute atomic E-state index is 11.2. The predicted molar refractivity (Wildman–Crippen MR) is 141 cm³/mol. The van der Waals surface area contributed by atoms with Gasteiger partial charge in [-0.15, -0.1) is 0 Å². The molecule has 0 spiro atoms. The van der Waals surface area contributed by atoms with Gasteiger partial charge in [0.1, 0.15) is 24.4 Å². The number of aliphatic hydroxyl groups is 1. The highest BCUT2D eigenvalue weighted by Crippen LogP contribution is 2.47. The van der Waals surface area contributed by atoms with Crippen molar-refractivity contribution < 1.29 is 32.3 Å². The smallest absolute Gasteiger partial charge is 0.335 e. The number of benzene rings is 1. The van der Waals surface area contributed by atoms with Crippen LogP contribution in [0, 0.1) is 0 Å². The summed E-state index contributed by atoms with van der Waals surface area (Å²) in [5.41, 5.74) is 1.84. The lowest BCUT2D eigenvalue weighted by atomic mass is 9.99. The summed E-state index contributed by atoms with van der Waals surface area (Å²) < 4.78 is 39.4. The van der Waals surface area contributed by atoms with Crippen molar-refractivity contribution in [2.45, 2.75) is 115 Å². The van der Waals surface area contributed by atoms with Crippen molar-refractivity contribution in [3.05, 3.63) is 35.9 Å². The summed E-state index contributed by atoms with van der Waals surface area (Å²) in [4.78, 5) is 0. The second kappa shape index (κ2) is 11.8. The summed E-state index contributed by atoms with van der Waals surface area (Å²) in [6.07, 6.45) is -3.44. The third-order valence-electron chi connectivity index (χ3n) is 7.48. The molecule has 9 heteroatoms. The van der Waals surface area contributed by atoms with E-state index in [1.807, 2.05) is 30.3 Å². The number of hydrogen-bond donors (Lipinski definition) is 1. The van der Waals surface area contributed by atoms with E-state index < -0.39 is 47.8 Å². The van der Waals surface area contributed by atoms with Crippen molar-refractivity contribution in [3.8, 4) is 0 Å². The van der Waals surface area contributed by atoms with Crippen LogP contribution in [-0.4, -0.2) is 66.7 Å². The molecule has 0 amide bonds. The minimum absolute atomic E-state index is 0.177. The summed E-state index contributed by atoms with van der Waals surface area (Å²) >= 11 is 0. The topological polar surface area (TPSA) is 75.6 Å². The molecule has 3 rings (SSSR count). The number of fused-ring (bicyclic) bond motifs is 1. The number of aliphatic hydroxyl groups excluding tert-OH is 1. The van der Waals surface area contributed by atoms with Crippen molar-refractivity contribution in [2.75, 3.05) is 13.7 Å². The molecule has 2 aliphatic heterocycles. The number of methoxy groups -OCH3 is 1. The highest BCUT2D eigenvalue weighted by molar-refractivity contribution is 6.83. The molecule has 35 heavy (non-hydrogen) atoms. The van der Waals surface area contributed by atoms with Crippen molar-refractivity contribution >= 4 is 17.1 Å². The van der Waals surface area contributed by atoms with Crippen LogP contribution in [0.15, 0.2) is 30.3 Å². The third-order valence-corrected chi connectivity index (χ3v) is 17.7. The van der Waals surface area contributed by atoms with Crippen LogP contribution in [0.5, 0.6) is 0 Å². The second-order valence-electron chi connectivity index (χ2n) is 11.1. The van der Waals surface area contributed by atoms with E-state index in [0.29, 0.717) is 13.2 Å². The van der Waals surface area contributed by atoms with Gasteiger partial charge in [-0.3, -0.25) is 0 Å². The van der Waals surface area contributed by atoms with Crippen molar-refractivity contribution in [2.24, 2.45) is 0 Å². The Labute approximate surface area is 213 Å². The molecule has 0 unspecified atom stereocenters. The monoisotopic (exact) mass is 526 g/mol. The number of hydrogen-bond acceptors (Lipinski definition) is 7. The van der Waals surface area contributed by atoms with Crippen LogP contribution in [0.4, 0.5) is 0 Å². The highest BCUT2D eigenvalue weighted by Gasteiger charge is 2.61. The Balaban J connectivity index is 1.97. The van der Waals surface area contributed by atoms with E-state index in [1.165, 1.54) is 0 Å². The molecule has 0 saturated carbocycles. The van der Waals surface area contributed by atoms with Crippen molar-refractivity contribution in [3.63, 3.8) is 0 Å². The van der Waals surface area contributed by atoms with Gasteiger partial charge in [0.25, 0.3) is 0 Å². The lowest BCUT2D eigenvalue weighted by Gasteiger charge is -2.55. The first-order valence-electron chi connectivity index (χ1n) is 13.0. The summed E-state index contributed by atoms with van der Waals surface area (Å²) in [6.45, 7) is 18.1. The number of ether oxygens (including phenoxy) is 3. The molecule has 7 nitrogen and oxygen atoms in total. The van der Waals surface area contributed by atoms with Crippen molar-refractivity contribution in [1.29, 1.82) is 0 Å². The van der Waals surface area contributed by atoms with E-state index in [2.05, 4.69) is 55.4 Å². The summed E-state index contributed by atoms with van der Waals surface area (Å²) in [7, 11) is -3.93. The molecular formula is C26H46O7Si2. The van der Waals surface area contributed by atoms with Gasteiger partial charge in [0.2, 0.25) is 0 Å². The molecule has 0 aromatic heterocycles. The maximum atomic E-state index is 11.2. The Kier molecular flexibility index (Phi) is 9.78. The molecule has 0 bridgehead atoms. The fourth-order valence-corrected chi connectivity index (χ4v) is 16.7. The quantitative estimate of drug-likeness (QED) is 0.463. The van der Waals surface area contributed by atoms with Gasteiger partial charge in [0, 0.05) is 7.11 Å². The van der Waals surface area contributed by atoms with E-state index in [1.54, 1.807) is 7.11 Å². The van der Waals surface area contributed by atoms with E-state index in [0.717, 1.165) is 5.56 Å². The normalized spacial score (nSPS) is 31.0. The lowest BCUT2D eigenvalue weighted by Crippen LogP contribution is -2.70. The molecule has 2 saturated heterocycles. The van der Waals surface area contributed by atoms with Crippen LogP contribution in [0.25, 0.3) is 0 Å². The van der Waals surface area contributed by atoms with Crippen LogP contribution in [-0.2, 0) is 33.8 Å². The van der Waals surface area contributed by atoms with Gasteiger partial charge in [0.05, 0.1) is 13.2 Å². The Morgan fingerprint density at radius 1 is 0.914 bits per heavy atom. The Morgan fingerprint density at radius 3 is 2.00 bits per heavy atom. The average molecular weight is 527 g/mol. The molecule has 200 valence electrons. The third kappa shape index (κ3) is 5.78. The molecule has 2 fully saturated rings. The first kappa shape index (κ1) is 28.9. The summed E-state index contributed by atoms with van der Waals surface area (Å²) in [5.74, 6) is 0. The van der Waals surface area contributed by atoms with E-state index in [9.17, 15) is 5.11 Å². The van der Waals surface area contributed by atoms with Crippen LogP contribution >= 0.6 is 0 Å². The van der Waals surface area contributed by atoms with Gasteiger partial charge in [-0.05, 0) is 27.7 Å². The molecule has 0 aliphatic carbocycles. The fraction of sp³-hybridized carbons (Fsp3) is 0.769. The average Bonchev–Trinajstić information content (AvgIpc) is 2.79. The maximum Gasteiger partial charge on any atom is 0.335 e. The van der Waals surface area contributed by atoms with Gasteiger partial charge in [-0.2, -0.15) is 0 Å². The zero-order chi connectivity index (χ0) is 26.0. The molecule has 1 aromatic rings. The molecule has 0 radical (unpaired) electrons. The largest absolute Gasteiger partial charge is 0.414 e. The minimum atomic E-state index is -2.85. The summed E-state index contributed by atoms with van der Waals surface area (Å²) in [6, 6.07) is 9.87.